The summed E-state index contributed by atoms with van der Waals surface area (Å²) in [4.78, 5) is 22.6. The molecule has 2 N–H and O–H groups in total. The molecule has 3 rings (SSSR count). The average molecular weight is 534 g/mol. The molecule has 0 saturated carbocycles. The number of halogens is 1. The monoisotopic (exact) mass is 534 g/mol. The lowest BCUT2D eigenvalue weighted by Crippen LogP contribution is -2.39. The average Bonchev–Trinajstić information content (AvgIpc) is 3.07. The Bertz CT molecular complexity index is 1040. The maximum absolute atomic E-state index is 12.1. The van der Waals surface area contributed by atoms with Crippen molar-refractivity contribution < 1.29 is 4.79 Å². The molecule has 31 heavy (non-hydrogen) atoms. The van der Waals surface area contributed by atoms with Crippen LogP contribution in [0.1, 0.15) is 21.7 Å². The number of carbonyl (C=O) groups excluding carboxylic acids is 1. The first-order chi connectivity index (χ1) is 14.5. The topological polar surface area (TPSA) is 74.6 Å². The van der Waals surface area contributed by atoms with E-state index in [1.165, 1.54) is 0 Å². The number of carbonyl (C=O) groups is 1. The molecule has 2 aromatic carbocycles. The van der Waals surface area contributed by atoms with Crippen molar-refractivity contribution in [2.24, 2.45) is 4.99 Å². The molecule has 0 unspecified atom stereocenters. The Morgan fingerprint density at radius 1 is 1.10 bits per heavy atom. The van der Waals surface area contributed by atoms with Gasteiger partial charge in [0, 0.05) is 46.3 Å². The highest BCUT2D eigenvalue weighted by Gasteiger charge is 2.09. The highest BCUT2D eigenvalue weighted by molar-refractivity contribution is 14.0. The lowest BCUT2D eigenvalue weighted by atomic mass is 10.1. The highest BCUT2D eigenvalue weighted by atomic mass is 127. The largest absolute Gasteiger partial charge is 0.356 e. The van der Waals surface area contributed by atoms with Crippen LogP contribution in [0.15, 0.2) is 53.5 Å². The Morgan fingerprint density at radius 3 is 2.58 bits per heavy atom. The lowest BCUT2D eigenvalue weighted by Gasteiger charge is -2.14. The number of guanidine groups is 1. The predicted octanol–water partition coefficient (Wildman–Crippen LogP) is 3.07. The Hall–Kier alpha value is -2.62. The van der Waals surface area contributed by atoms with Crippen LogP contribution < -0.4 is 10.6 Å². The number of para-hydroxylation sites is 2. The second-order valence-corrected chi connectivity index (χ2v) is 7.38. The Morgan fingerprint density at radius 2 is 1.84 bits per heavy atom. The molecule has 0 atom stereocenters. The van der Waals surface area contributed by atoms with Crippen molar-refractivity contribution in [3.63, 3.8) is 0 Å². The van der Waals surface area contributed by atoms with Gasteiger partial charge in [-0.1, -0.05) is 24.3 Å². The van der Waals surface area contributed by atoms with Crippen LogP contribution in [0.4, 0.5) is 0 Å². The van der Waals surface area contributed by atoms with E-state index < -0.39 is 0 Å². The van der Waals surface area contributed by atoms with Gasteiger partial charge in [-0.25, -0.2) is 4.98 Å². The van der Waals surface area contributed by atoms with E-state index in [0.717, 1.165) is 54.4 Å². The highest BCUT2D eigenvalue weighted by Crippen LogP contribution is 2.14. The van der Waals surface area contributed by atoms with Gasteiger partial charge in [0.1, 0.15) is 5.82 Å². The van der Waals surface area contributed by atoms with Gasteiger partial charge in [0.15, 0.2) is 5.96 Å². The van der Waals surface area contributed by atoms with Crippen molar-refractivity contribution in [2.45, 2.75) is 19.9 Å². The fourth-order valence-corrected chi connectivity index (χ4v) is 3.43. The molecule has 1 aromatic heterocycles. The zero-order chi connectivity index (χ0) is 21.5. The van der Waals surface area contributed by atoms with Crippen molar-refractivity contribution in [3.8, 4) is 0 Å². The van der Waals surface area contributed by atoms with Crippen LogP contribution in [0.3, 0.4) is 0 Å². The third-order valence-corrected chi connectivity index (χ3v) is 4.98. The maximum atomic E-state index is 12.1. The minimum atomic E-state index is 0. The van der Waals surface area contributed by atoms with Gasteiger partial charge < -0.3 is 20.1 Å². The number of benzene rings is 2. The zero-order valence-electron chi connectivity index (χ0n) is 18.6. The van der Waals surface area contributed by atoms with Crippen molar-refractivity contribution in [1.29, 1.82) is 0 Å². The number of imidazole rings is 1. The Labute approximate surface area is 201 Å². The molecule has 0 fully saturated rings. The van der Waals surface area contributed by atoms with Gasteiger partial charge in [-0.3, -0.25) is 9.79 Å². The molecular weight excluding hydrogens is 503 g/mol. The predicted molar refractivity (Wildman–Crippen MR) is 137 cm³/mol. The van der Waals surface area contributed by atoms with Gasteiger partial charge in [0.2, 0.25) is 0 Å². The molecule has 0 aliphatic carbocycles. The second-order valence-electron chi connectivity index (χ2n) is 7.38. The molecule has 3 aromatic rings. The molecule has 166 valence electrons. The molecular formula is C23H31IN6O. The van der Waals surface area contributed by atoms with Crippen LogP contribution in [0, 0.1) is 6.92 Å². The van der Waals surface area contributed by atoms with E-state index in [0.29, 0.717) is 5.56 Å². The summed E-state index contributed by atoms with van der Waals surface area (Å²) in [6.45, 7) is 4.31. The van der Waals surface area contributed by atoms with Crippen LogP contribution in [0.25, 0.3) is 11.0 Å². The summed E-state index contributed by atoms with van der Waals surface area (Å²) in [5.41, 5.74) is 3.99. The van der Waals surface area contributed by atoms with Crippen molar-refractivity contribution >= 4 is 46.9 Å². The first-order valence-corrected chi connectivity index (χ1v) is 10.2. The quantitative estimate of drug-likeness (QED) is 0.278. The molecule has 1 amide bonds. The van der Waals surface area contributed by atoms with Gasteiger partial charge in [-0.2, -0.15) is 0 Å². The Balaban J connectivity index is 0.00000341. The van der Waals surface area contributed by atoms with Gasteiger partial charge in [-0.15, -0.1) is 24.0 Å². The summed E-state index contributed by atoms with van der Waals surface area (Å²) < 4.78 is 2.21. The minimum absolute atomic E-state index is 0. The van der Waals surface area contributed by atoms with Crippen LogP contribution in [-0.2, 0) is 13.0 Å². The SMILES string of the molecule is CN=C(NCCc1cccc(C(=O)N(C)C)c1)NCCn1c(C)nc2ccccc21.I. The van der Waals surface area contributed by atoms with Gasteiger partial charge in [-0.05, 0) is 43.2 Å². The molecule has 1 heterocycles. The number of aromatic nitrogens is 2. The number of aryl methyl sites for hydroxylation is 1. The lowest BCUT2D eigenvalue weighted by molar-refractivity contribution is 0.0827. The molecule has 0 spiro atoms. The van der Waals surface area contributed by atoms with E-state index in [4.69, 9.17) is 0 Å². The van der Waals surface area contributed by atoms with E-state index in [1.54, 1.807) is 26.0 Å². The number of fused-ring (bicyclic) bond motifs is 1. The number of aliphatic imine (C=N–C) groups is 1. The fourth-order valence-electron chi connectivity index (χ4n) is 3.43. The minimum Gasteiger partial charge on any atom is -0.356 e. The summed E-state index contributed by atoms with van der Waals surface area (Å²) >= 11 is 0. The van der Waals surface area contributed by atoms with Gasteiger partial charge in [0.05, 0.1) is 11.0 Å². The van der Waals surface area contributed by atoms with Gasteiger partial charge in [0.25, 0.3) is 5.91 Å². The van der Waals surface area contributed by atoms with E-state index in [1.807, 2.05) is 49.4 Å². The second kappa shape index (κ2) is 11.7. The van der Waals surface area contributed by atoms with Crippen LogP contribution >= 0.6 is 24.0 Å². The third kappa shape index (κ3) is 6.43. The van der Waals surface area contributed by atoms with Crippen molar-refractivity contribution in [3.05, 3.63) is 65.5 Å². The summed E-state index contributed by atoms with van der Waals surface area (Å²) in [6.07, 6.45) is 0.806. The Kier molecular flexibility index (Phi) is 9.29. The van der Waals surface area contributed by atoms with Crippen molar-refractivity contribution in [1.82, 2.24) is 25.1 Å². The number of nitrogens with zero attached hydrogens (tertiary/aromatic N) is 4. The maximum Gasteiger partial charge on any atom is 0.253 e. The number of amides is 1. The molecule has 0 radical (unpaired) electrons. The summed E-state index contributed by atoms with van der Waals surface area (Å²) in [6, 6.07) is 15.9. The van der Waals surface area contributed by atoms with Crippen molar-refractivity contribution in [2.75, 3.05) is 34.2 Å². The summed E-state index contributed by atoms with van der Waals surface area (Å²) in [5, 5.41) is 6.70. The molecule has 0 aliphatic heterocycles. The molecule has 0 aliphatic rings. The molecule has 0 saturated heterocycles. The van der Waals surface area contributed by atoms with E-state index in [2.05, 4.69) is 31.2 Å². The first kappa shape index (κ1) is 24.6. The first-order valence-electron chi connectivity index (χ1n) is 10.2. The smallest absolute Gasteiger partial charge is 0.253 e. The fraction of sp³-hybridized carbons (Fsp3) is 0.348. The number of rotatable bonds is 7. The van der Waals surface area contributed by atoms with Gasteiger partial charge >= 0.3 is 0 Å². The van der Waals surface area contributed by atoms with E-state index >= 15 is 0 Å². The molecule has 0 bridgehead atoms. The number of hydrogen-bond acceptors (Lipinski definition) is 3. The third-order valence-electron chi connectivity index (χ3n) is 4.98. The summed E-state index contributed by atoms with van der Waals surface area (Å²) in [5.74, 6) is 1.79. The van der Waals surface area contributed by atoms with Crippen LogP contribution in [-0.4, -0.2) is 60.6 Å². The normalized spacial score (nSPS) is 11.2. The standard InChI is InChI=1S/C23H30N6O.HI/c1-17-27-20-10-5-6-11-21(20)29(17)15-14-26-23(24-2)25-13-12-18-8-7-9-19(16-18)22(30)28(3)4;/h5-11,16H,12-15H2,1-4H3,(H2,24,25,26);1H. The van der Waals surface area contributed by atoms with E-state index in [9.17, 15) is 4.79 Å². The molecule has 7 nitrogen and oxygen atoms in total. The number of nitrogens with one attached hydrogen (secondary N) is 2. The zero-order valence-corrected chi connectivity index (χ0v) is 20.9. The van der Waals surface area contributed by atoms with Crippen LogP contribution in [0.2, 0.25) is 0 Å². The van der Waals surface area contributed by atoms with Crippen LogP contribution in [0.5, 0.6) is 0 Å². The number of hydrogen-bond donors (Lipinski definition) is 2. The summed E-state index contributed by atoms with van der Waals surface area (Å²) in [7, 11) is 5.30. The van der Waals surface area contributed by atoms with E-state index in [-0.39, 0.29) is 29.9 Å². The molecule has 8 heteroatoms.